The molecule has 3 rings (SSSR count). The number of esters is 1. The van der Waals surface area contributed by atoms with Crippen LogP contribution in [0.2, 0.25) is 0 Å². The van der Waals surface area contributed by atoms with Gasteiger partial charge in [-0.1, -0.05) is 30.3 Å². The molecule has 2 aromatic rings. The van der Waals surface area contributed by atoms with Crippen LogP contribution in [0, 0.1) is 6.92 Å². The van der Waals surface area contributed by atoms with Crippen LogP contribution < -0.4 is 4.74 Å². The molecule has 1 unspecified atom stereocenters. The zero-order valence-electron chi connectivity index (χ0n) is 13.4. The van der Waals surface area contributed by atoms with Crippen molar-refractivity contribution in [1.29, 1.82) is 0 Å². The summed E-state index contributed by atoms with van der Waals surface area (Å²) >= 11 is 0. The summed E-state index contributed by atoms with van der Waals surface area (Å²) in [5.74, 6) is 0.547. The number of methoxy groups -OCH3 is 1. The summed E-state index contributed by atoms with van der Waals surface area (Å²) in [5, 5.41) is 0. The highest BCUT2D eigenvalue weighted by molar-refractivity contribution is 5.90. The molecule has 0 aromatic heterocycles. The van der Waals surface area contributed by atoms with E-state index >= 15 is 0 Å². The van der Waals surface area contributed by atoms with E-state index in [9.17, 15) is 4.79 Å². The van der Waals surface area contributed by atoms with Gasteiger partial charge < -0.3 is 14.2 Å². The maximum atomic E-state index is 11.7. The Morgan fingerprint density at radius 1 is 1.26 bits per heavy atom. The first kappa shape index (κ1) is 15.6. The van der Waals surface area contributed by atoms with Crippen LogP contribution >= 0.6 is 0 Å². The summed E-state index contributed by atoms with van der Waals surface area (Å²) in [6, 6.07) is 13.7. The first-order valence-corrected chi connectivity index (χ1v) is 7.67. The van der Waals surface area contributed by atoms with Crippen LogP contribution in [0.4, 0.5) is 0 Å². The molecule has 1 aliphatic heterocycles. The lowest BCUT2D eigenvalue weighted by atomic mass is 10.0. The van der Waals surface area contributed by atoms with E-state index in [1.54, 1.807) is 6.07 Å². The molecule has 0 bridgehead atoms. The minimum atomic E-state index is -0.320. The molecule has 0 N–H and O–H groups in total. The zero-order chi connectivity index (χ0) is 16.2. The highest BCUT2D eigenvalue weighted by atomic mass is 16.5. The van der Waals surface area contributed by atoms with Gasteiger partial charge in [0.15, 0.2) is 0 Å². The molecule has 0 saturated heterocycles. The van der Waals surface area contributed by atoms with Crippen molar-refractivity contribution < 1.29 is 19.0 Å². The second-order valence-corrected chi connectivity index (χ2v) is 5.72. The fourth-order valence-corrected chi connectivity index (χ4v) is 2.83. The van der Waals surface area contributed by atoms with Crippen LogP contribution in [0.3, 0.4) is 0 Å². The number of hydrogen-bond acceptors (Lipinski definition) is 4. The van der Waals surface area contributed by atoms with Crippen molar-refractivity contribution >= 4 is 5.97 Å². The minimum Gasteiger partial charge on any atom is -0.487 e. The number of aryl methyl sites for hydroxylation is 1. The first-order valence-electron chi connectivity index (χ1n) is 7.67. The molecule has 1 aliphatic rings. The van der Waals surface area contributed by atoms with Gasteiger partial charge in [-0.25, -0.2) is 4.79 Å². The van der Waals surface area contributed by atoms with E-state index < -0.39 is 0 Å². The molecule has 120 valence electrons. The quantitative estimate of drug-likeness (QED) is 0.795. The maximum absolute atomic E-state index is 11.7. The normalized spacial score (nSPS) is 15.8. The Bertz CT molecular complexity index is 694. The average molecular weight is 312 g/mol. The van der Waals surface area contributed by atoms with Crippen LogP contribution in [0.5, 0.6) is 5.75 Å². The second-order valence-electron chi connectivity index (χ2n) is 5.72. The Labute approximate surface area is 136 Å². The summed E-state index contributed by atoms with van der Waals surface area (Å²) in [4.78, 5) is 11.7. The molecular formula is C19H20O4. The van der Waals surface area contributed by atoms with E-state index in [4.69, 9.17) is 14.2 Å². The minimum absolute atomic E-state index is 0.0136. The van der Waals surface area contributed by atoms with Gasteiger partial charge in [0.2, 0.25) is 0 Å². The van der Waals surface area contributed by atoms with Crippen molar-refractivity contribution in [2.24, 2.45) is 0 Å². The van der Waals surface area contributed by atoms with E-state index in [1.165, 1.54) is 7.11 Å². The molecule has 0 radical (unpaired) electrons. The van der Waals surface area contributed by atoms with Gasteiger partial charge in [0.05, 0.1) is 25.9 Å². The van der Waals surface area contributed by atoms with Crippen LogP contribution in [-0.4, -0.2) is 25.8 Å². The standard InChI is InChI=1S/C19H20O4/c1-13-8-16(19(20)21-2)9-15-10-17(23-18(13)15)12-22-11-14-6-4-3-5-7-14/h3-9,17H,10-12H2,1-2H3. The van der Waals surface area contributed by atoms with Crippen LogP contribution in [0.25, 0.3) is 0 Å². The van der Waals surface area contributed by atoms with Crippen molar-refractivity contribution in [3.8, 4) is 5.75 Å². The zero-order valence-corrected chi connectivity index (χ0v) is 13.4. The summed E-state index contributed by atoms with van der Waals surface area (Å²) in [7, 11) is 1.39. The SMILES string of the molecule is COC(=O)c1cc(C)c2c(c1)CC(COCc1ccccc1)O2. The molecule has 2 aromatic carbocycles. The number of ether oxygens (including phenoxy) is 3. The van der Waals surface area contributed by atoms with Crippen LogP contribution in [-0.2, 0) is 22.5 Å². The highest BCUT2D eigenvalue weighted by Gasteiger charge is 2.26. The predicted octanol–water partition coefficient (Wildman–Crippen LogP) is 3.30. The smallest absolute Gasteiger partial charge is 0.337 e. The Kier molecular flexibility index (Phi) is 4.63. The Morgan fingerprint density at radius 2 is 2.04 bits per heavy atom. The molecule has 0 spiro atoms. The van der Waals surface area contributed by atoms with E-state index in [0.717, 1.165) is 28.9 Å². The third-order valence-electron chi connectivity index (χ3n) is 3.92. The van der Waals surface area contributed by atoms with Crippen molar-refractivity contribution in [2.75, 3.05) is 13.7 Å². The molecule has 0 saturated carbocycles. The average Bonchev–Trinajstić information content (AvgIpc) is 2.98. The van der Waals surface area contributed by atoms with Gasteiger partial charge >= 0.3 is 5.97 Å². The van der Waals surface area contributed by atoms with E-state index in [1.807, 2.05) is 43.3 Å². The summed E-state index contributed by atoms with van der Waals surface area (Å²) < 4.78 is 16.5. The molecule has 23 heavy (non-hydrogen) atoms. The maximum Gasteiger partial charge on any atom is 0.337 e. The lowest BCUT2D eigenvalue weighted by Crippen LogP contribution is -2.20. The fraction of sp³-hybridized carbons (Fsp3) is 0.316. The molecule has 4 heteroatoms. The van der Waals surface area contributed by atoms with Gasteiger partial charge in [-0.05, 0) is 35.7 Å². The number of benzene rings is 2. The molecule has 1 atom stereocenters. The van der Waals surface area contributed by atoms with Gasteiger partial charge in [-0.15, -0.1) is 0 Å². The number of carbonyl (C=O) groups is 1. The molecule has 1 heterocycles. The van der Waals surface area contributed by atoms with Gasteiger partial charge in [-0.3, -0.25) is 0 Å². The largest absolute Gasteiger partial charge is 0.487 e. The number of fused-ring (bicyclic) bond motifs is 1. The molecule has 0 aliphatic carbocycles. The van der Waals surface area contributed by atoms with Gasteiger partial charge in [0, 0.05) is 6.42 Å². The number of rotatable bonds is 5. The summed E-state index contributed by atoms with van der Waals surface area (Å²) in [5.41, 5.74) is 3.71. The monoisotopic (exact) mass is 312 g/mol. The number of hydrogen-bond donors (Lipinski definition) is 0. The Balaban J connectivity index is 1.60. The van der Waals surface area contributed by atoms with Crippen molar-refractivity contribution in [1.82, 2.24) is 0 Å². The predicted molar refractivity (Wildman–Crippen MR) is 86.7 cm³/mol. The molecule has 0 amide bonds. The van der Waals surface area contributed by atoms with Gasteiger partial charge in [-0.2, -0.15) is 0 Å². The Morgan fingerprint density at radius 3 is 2.78 bits per heavy atom. The first-order chi connectivity index (χ1) is 11.2. The molecule has 4 nitrogen and oxygen atoms in total. The molecular weight excluding hydrogens is 292 g/mol. The molecule has 0 fully saturated rings. The third kappa shape index (κ3) is 3.54. The second kappa shape index (κ2) is 6.84. The number of carbonyl (C=O) groups excluding carboxylic acids is 1. The van der Waals surface area contributed by atoms with Crippen molar-refractivity contribution in [3.63, 3.8) is 0 Å². The van der Waals surface area contributed by atoms with E-state index in [-0.39, 0.29) is 12.1 Å². The summed E-state index contributed by atoms with van der Waals surface area (Å²) in [6.07, 6.45) is 0.732. The highest BCUT2D eigenvalue weighted by Crippen LogP contribution is 2.33. The van der Waals surface area contributed by atoms with E-state index in [2.05, 4.69) is 0 Å². The third-order valence-corrected chi connectivity index (χ3v) is 3.92. The van der Waals surface area contributed by atoms with Crippen LogP contribution in [0.15, 0.2) is 42.5 Å². The lowest BCUT2D eigenvalue weighted by molar-refractivity contribution is 0.0508. The van der Waals surface area contributed by atoms with Gasteiger partial charge in [0.1, 0.15) is 11.9 Å². The van der Waals surface area contributed by atoms with Crippen molar-refractivity contribution in [3.05, 3.63) is 64.7 Å². The topological polar surface area (TPSA) is 44.8 Å². The fourth-order valence-electron chi connectivity index (χ4n) is 2.83. The van der Waals surface area contributed by atoms with Gasteiger partial charge in [0.25, 0.3) is 0 Å². The summed E-state index contributed by atoms with van der Waals surface area (Å²) in [6.45, 7) is 3.04. The Hall–Kier alpha value is -2.33. The van der Waals surface area contributed by atoms with Crippen LogP contribution in [0.1, 0.15) is 27.0 Å². The lowest BCUT2D eigenvalue weighted by Gasteiger charge is -2.12. The van der Waals surface area contributed by atoms with Crippen molar-refractivity contribution in [2.45, 2.75) is 26.1 Å². The van der Waals surface area contributed by atoms with E-state index in [0.29, 0.717) is 18.8 Å².